The van der Waals surface area contributed by atoms with Gasteiger partial charge in [0.2, 0.25) is 11.8 Å². The number of likely N-dealkylation sites (N-methyl/N-ethyl adjacent to an activating group) is 2. The predicted octanol–water partition coefficient (Wildman–Crippen LogP) is 5.87. The van der Waals surface area contributed by atoms with Crippen LogP contribution in [-0.2, 0) is 9.59 Å². The molecule has 2 amide bonds. The van der Waals surface area contributed by atoms with Gasteiger partial charge in [0, 0.05) is 24.2 Å². The molecular weight excluding hydrogens is 673 g/mol. The third-order valence-electron chi connectivity index (χ3n) is 10.2. The summed E-state index contributed by atoms with van der Waals surface area (Å²) in [6.07, 6.45) is 7.05. The number of hydrogen-bond donors (Lipinski definition) is 2. The number of aromatic nitrogens is 4. The van der Waals surface area contributed by atoms with Gasteiger partial charge in [-0.25, -0.2) is 9.97 Å². The number of amides is 2. The number of nitrogens with one attached hydrogen (secondary N) is 2. The highest BCUT2D eigenvalue weighted by atomic mass is 16.2. The lowest BCUT2D eigenvalue weighted by Crippen LogP contribution is -2.40. The van der Waals surface area contributed by atoms with Gasteiger partial charge >= 0.3 is 0 Å². The van der Waals surface area contributed by atoms with Crippen LogP contribution in [0, 0.1) is 23.7 Å². The molecule has 2 saturated heterocycles. The molecule has 0 saturated carbocycles. The largest absolute Gasteiger partial charge is 0.334 e. The lowest BCUT2D eigenvalue weighted by molar-refractivity contribution is -0.138. The van der Waals surface area contributed by atoms with Crippen LogP contribution in [0.1, 0.15) is 95.1 Å². The molecule has 7 rings (SSSR count). The molecule has 274 valence electrons. The second-order valence-corrected chi connectivity index (χ2v) is 14.4. The topological polar surface area (TPSA) is 104 Å². The molecule has 2 fully saturated rings. The van der Waals surface area contributed by atoms with Crippen molar-refractivity contribution in [2.75, 3.05) is 41.3 Å². The van der Waals surface area contributed by atoms with Crippen molar-refractivity contribution in [3.63, 3.8) is 0 Å². The number of carbonyl (C=O) groups excluding carboxylic acids is 2. The van der Waals surface area contributed by atoms with Crippen LogP contribution in [0.5, 0.6) is 0 Å². The van der Waals surface area contributed by atoms with E-state index in [2.05, 4.69) is 43.6 Å². The van der Waals surface area contributed by atoms with Gasteiger partial charge in [0.1, 0.15) is 35.1 Å². The Hall–Kier alpha value is -5.94. The molecule has 0 aliphatic carbocycles. The van der Waals surface area contributed by atoms with Crippen LogP contribution >= 0.6 is 0 Å². The quantitative estimate of drug-likeness (QED) is 0.195. The highest BCUT2D eigenvalue weighted by Gasteiger charge is 2.38. The van der Waals surface area contributed by atoms with E-state index in [9.17, 15) is 9.59 Å². The number of rotatable bonds is 8. The maximum atomic E-state index is 13.8. The van der Waals surface area contributed by atoms with Crippen molar-refractivity contribution >= 4 is 11.8 Å². The molecule has 2 aliphatic heterocycles. The lowest BCUT2D eigenvalue weighted by atomic mass is 10.0. The summed E-state index contributed by atoms with van der Waals surface area (Å²) >= 11 is 0. The van der Waals surface area contributed by atoms with Crippen LogP contribution in [0.15, 0.2) is 97.3 Å². The van der Waals surface area contributed by atoms with Gasteiger partial charge in [-0.1, -0.05) is 72.5 Å². The van der Waals surface area contributed by atoms with E-state index in [-0.39, 0.29) is 36.0 Å². The van der Waals surface area contributed by atoms with Crippen molar-refractivity contribution in [2.45, 2.75) is 49.9 Å². The highest BCUT2D eigenvalue weighted by Crippen LogP contribution is 2.35. The van der Waals surface area contributed by atoms with E-state index in [0.717, 1.165) is 59.6 Å². The zero-order valence-electron chi connectivity index (χ0n) is 31.3. The van der Waals surface area contributed by atoms with Crippen LogP contribution in [0.4, 0.5) is 0 Å². The van der Waals surface area contributed by atoms with E-state index in [1.807, 2.05) is 133 Å². The Morgan fingerprint density at radius 2 is 1.00 bits per heavy atom. The molecule has 3 aromatic carbocycles. The third-order valence-corrected chi connectivity index (χ3v) is 10.2. The molecule has 0 spiro atoms. The van der Waals surface area contributed by atoms with E-state index in [0.29, 0.717) is 24.5 Å². The van der Waals surface area contributed by atoms with Gasteiger partial charge in [-0.2, -0.15) is 0 Å². The molecule has 0 bridgehead atoms. The lowest BCUT2D eigenvalue weighted by Gasteiger charge is -2.31. The minimum Gasteiger partial charge on any atom is -0.334 e. The average Bonchev–Trinajstić information content (AvgIpc) is 4.01. The molecule has 54 heavy (non-hydrogen) atoms. The zero-order chi connectivity index (χ0) is 37.6. The fourth-order valence-corrected chi connectivity index (χ4v) is 7.59. The average molecular weight is 719 g/mol. The van der Waals surface area contributed by atoms with Crippen molar-refractivity contribution in [3.8, 4) is 23.7 Å². The molecule has 2 aliphatic rings. The number of aromatic amines is 2. The molecule has 4 atom stereocenters. The summed E-state index contributed by atoms with van der Waals surface area (Å²) in [5.41, 5.74) is 5.08. The normalized spacial score (nSPS) is 17.9. The summed E-state index contributed by atoms with van der Waals surface area (Å²) in [6, 6.07) is 26.7. The van der Waals surface area contributed by atoms with Crippen molar-refractivity contribution in [3.05, 3.63) is 143 Å². The highest BCUT2D eigenvalue weighted by molar-refractivity contribution is 5.84. The van der Waals surface area contributed by atoms with Gasteiger partial charge in [0.15, 0.2) is 0 Å². The maximum Gasteiger partial charge on any atom is 0.245 e. The van der Waals surface area contributed by atoms with Gasteiger partial charge < -0.3 is 19.8 Å². The fraction of sp³-hybridized carbons (Fsp3) is 0.318. The number of imidazole rings is 2. The Labute approximate surface area is 317 Å². The molecule has 0 radical (unpaired) electrons. The summed E-state index contributed by atoms with van der Waals surface area (Å²) in [4.78, 5) is 51.5. The molecule has 10 nitrogen and oxygen atoms in total. The fourth-order valence-electron chi connectivity index (χ4n) is 7.59. The van der Waals surface area contributed by atoms with Gasteiger partial charge in [-0.05, 0) is 101 Å². The number of carbonyl (C=O) groups is 2. The van der Waals surface area contributed by atoms with Crippen molar-refractivity contribution in [2.24, 2.45) is 0 Å². The van der Waals surface area contributed by atoms with Gasteiger partial charge in [-0.3, -0.25) is 19.4 Å². The molecule has 4 heterocycles. The summed E-state index contributed by atoms with van der Waals surface area (Å²) in [5.74, 6) is 14.5. The molecule has 0 unspecified atom stereocenters. The van der Waals surface area contributed by atoms with E-state index >= 15 is 0 Å². The number of nitrogens with zero attached hydrogens (tertiary/aromatic N) is 6. The smallest absolute Gasteiger partial charge is 0.245 e. The summed E-state index contributed by atoms with van der Waals surface area (Å²) in [5, 5.41) is 0. The SMILES string of the molecule is CN(C)[C@@H](C(=O)N1CCC[C@H]1c1ncc(C#Cc2ccc(C#Cc3cnc([C@@H]4CCCN4C(=O)[C@@H](c4ccccc4)N(C)C)[nH]3)cc2)[nH]1)c1ccccc1. The molecule has 2 N–H and O–H groups in total. The standard InChI is InChI=1S/C44H46N8O2/c1-49(2)39(33-13-7-5-8-14-33)43(53)51-27-11-17-37(51)41-45-29-35(47-41)25-23-31-19-21-32(22-20-31)24-26-36-30-46-42(48-36)38-18-12-28-52(38)44(54)40(50(3)4)34-15-9-6-10-16-34/h5-10,13-16,19-22,29-30,37-40H,11-12,17-18,27-28H2,1-4H3,(H,45,47)(H,46,48)/t37-,38-,39+,40+/m0/s1. The Morgan fingerprint density at radius 3 is 1.37 bits per heavy atom. The summed E-state index contributed by atoms with van der Waals surface area (Å²) in [6.45, 7) is 1.40. The van der Waals surface area contributed by atoms with Crippen LogP contribution in [0.25, 0.3) is 0 Å². The van der Waals surface area contributed by atoms with Crippen molar-refractivity contribution in [1.29, 1.82) is 0 Å². The van der Waals surface area contributed by atoms with E-state index in [4.69, 9.17) is 0 Å². The minimum absolute atomic E-state index is 0.0821. The molecule has 5 aromatic rings. The first-order valence-electron chi connectivity index (χ1n) is 18.5. The molecular formula is C44H46N8O2. The first-order chi connectivity index (χ1) is 26.3. The minimum atomic E-state index is -0.354. The van der Waals surface area contributed by atoms with Gasteiger partial charge in [0.05, 0.1) is 24.5 Å². The number of H-pyrrole nitrogens is 2. The van der Waals surface area contributed by atoms with Gasteiger partial charge in [-0.15, -0.1) is 0 Å². The Bertz CT molecular complexity index is 2030. The first-order valence-corrected chi connectivity index (χ1v) is 18.5. The number of likely N-dealkylation sites (tertiary alicyclic amines) is 2. The summed E-state index contributed by atoms with van der Waals surface area (Å²) < 4.78 is 0. The monoisotopic (exact) mass is 718 g/mol. The summed E-state index contributed by atoms with van der Waals surface area (Å²) in [7, 11) is 7.77. The Kier molecular flexibility index (Phi) is 11.1. The van der Waals surface area contributed by atoms with E-state index in [1.165, 1.54) is 0 Å². The van der Waals surface area contributed by atoms with Crippen LogP contribution in [0.3, 0.4) is 0 Å². The molecule has 10 heteroatoms. The second-order valence-electron chi connectivity index (χ2n) is 14.4. The predicted molar refractivity (Wildman–Crippen MR) is 209 cm³/mol. The van der Waals surface area contributed by atoms with Crippen LogP contribution in [-0.4, -0.2) is 92.6 Å². The number of hydrogen-bond acceptors (Lipinski definition) is 6. The van der Waals surface area contributed by atoms with Crippen molar-refractivity contribution < 1.29 is 9.59 Å². The van der Waals surface area contributed by atoms with Crippen LogP contribution < -0.4 is 0 Å². The maximum absolute atomic E-state index is 13.8. The van der Waals surface area contributed by atoms with Crippen LogP contribution in [0.2, 0.25) is 0 Å². The third kappa shape index (κ3) is 8.01. The zero-order valence-corrected chi connectivity index (χ0v) is 31.3. The second kappa shape index (κ2) is 16.4. The Balaban J connectivity index is 0.981. The van der Waals surface area contributed by atoms with Crippen molar-refractivity contribution in [1.82, 2.24) is 39.5 Å². The van der Waals surface area contributed by atoms with Gasteiger partial charge in [0.25, 0.3) is 0 Å². The van der Waals surface area contributed by atoms with E-state index < -0.39 is 0 Å². The molecule has 2 aromatic heterocycles. The van der Waals surface area contributed by atoms with E-state index in [1.54, 1.807) is 12.4 Å². The number of benzene rings is 3. The first kappa shape index (κ1) is 36.4. The Morgan fingerprint density at radius 1 is 0.611 bits per heavy atom.